The molecule has 1 aliphatic carbocycles. The standard InChI is InChI=1S/C17H21NO3S/c1-11-4-7-14(8-5-11)22(20,21)18-13(3)6-9-15-12(2)10-16(19)17(15)18/h4-5,7-8,12-13H,6,9-10H2,1-3H3/t12-,13-/m1/s1. The van der Waals surface area contributed by atoms with Crippen molar-refractivity contribution in [2.75, 3.05) is 0 Å². The number of aryl methyl sites for hydroxylation is 1. The van der Waals surface area contributed by atoms with Gasteiger partial charge < -0.3 is 0 Å². The van der Waals surface area contributed by atoms with Gasteiger partial charge in [-0.1, -0.05) is 24.6 Å². The van der Waals surface area contributed by atoms with E-state index in [4.69, 9.17) is 0 Å². The Kier molecular flexibility index (Phi) is 3.63. The van der Waals surface area contributed by atoms with E-state index in [1.165, 1.54) is 4.31 Å². The Morgan fingerprint density at radius 1 is 1.14 bits per heavy atom. The summed E-state index contributed by atoms with van der Waals surface area (Å²) in [6.45, 7) is 5.81. The number of benzene rings is 1. The SMILES string of the molecule is Cc1ccc(S(=O)(=O)N2C3=C(CC[C@H]2C)[C@H](C)CC3=O)cc1. The van der Waals surface area contributed by atoms with Gasteiger partial charge in [0.05, 0.1) is 10.6 Å². The van der Waals surface area contributed by atoms with Gasteiger partial charge >= 0.3 is 0 Å². The van der Waals surface area contributed by atoms with Gasteiger partial charge in [0.2, 0.25) is 0 Å². The van der Waals surface area contributed by atoms with Crippen molar-refractivity contribution in [1.29, 1.82) is 0 Å². The predicted molar refractivity (Wildman–Crippen MR) is 84.7 cm³/mol. The summed E-state index contributed by atoms with van der Waals surface area (Å²) >= 11 is 0. The molecule has 1 aliphatic heterocycles. The Balaban J connectivity index is 2.12. The van der Waals surface area contributed by atoms with Crippen LogP contribution in [0.25, 0.3) is 0 Å². The molecular formula is C17H21NO3S. The van der Waals surface area contributed by atoms with E-state index < -0.39 is 10.0 Å². The molecule has 0 N–H and O–H groups in total. The fourth-order valence-electron chi connectivity index (χ4n) is 3.42. The molecule has 0 amide bonds. The third-order valence-electron chi connectivity index (χ3n) is 4.68. The maximum Gasteiger partial charge on any atom is 0.264 e. The number of rotatable bonds is 2. The maximum absolute atomic E-state index is 13.0. The molecule has 0 bridgehead atoms. The Morgan fingerprint density at radius 3 is 2.41 bits per heavy atom. The van der Waals surface area contributed by atoms with Crippen molar-refractivity contribution in [2.45, 2.75) is 51.0 Å². The average molecular weight is 319 g/mol. The first kappa shape index (κ1) is 15.3. The Morgan fingerprint density at radius 2 is 1.77 bits per heavy atom. The topological polar surface area (TPSA) is 54.5 Å². The summed E-state index contributed by atoms with van der Waals surface area (Å²) in [5, 5.41) is 0. The minimum atomic E-state index is -3.68. The molecular weight excluding hydrogens is 298 g/mol. The van der Waals surface area contributed by atoms with Crippen LogP contribution in [0.1, 0.15) is 38.7 Å². The minimum absolute atomic E-state index is 0.0373. The van der Waals surface area contributed by atoms with E-state index in [-0.39, 0.29) is 22.6 Å². The van der Waals surface area contributed by atoms with Gasteiger partial charge in [0.15, 0.2) is 5.78 Å². The van der Waals surface area contributed by atoms with Gasteiger partial charge in [-0.15, -0.1) is 0 Å². The van der Waals surface area contributed by atoms with Crippen LogP contribution in [0.3, 0.4) is 0 Å². The zero-order valence-electron chi connectivity index (χ0n) is 13.2. The molecule has 1 aromatic carbocycles. The molecule has 1 heterocycles. The van der Waals surface area contributed by atoms with Crippen molar-refractivity contribution in [2.24, 2.45) is 5.92 Å². The number of carbonyl (C=O) groups excluding carboxylic acids is 1. The van der Waals surface area contributed by atoms with E-state index in [1.54, 1.807) is 24.3 Å². The summed E-state index contributed by atoms with van der Waals surface area (Å²) in [6, 6.07) is 6.63. The van der Waals surface area contributed by atoms with E-state index >= 15 is 0 Å². The molecule has 0 aromatic heterocycles. The molecule has 1 aromatic rings. The third kappa shape index (κ3) is 2.28. The Bertz CT molecular complexity index is 747. The molecule has 2 aliphatic rings. The summed E-state index contributed by atoms with van der Waals surface area (Å²) in [5.74, 6) is 0.121. The summed E-state index contributed by atoms with van der Waals surface area (Å²) < 4.78 is 27.5. The van der Waals surface area contributed by atoms with Crippen molar-refractivity contribution in [1.82, 2.24) is 4.31 Å². The predicted octanol–water partition coefficient (Wildman–Crippen LogP) is 3.03. The Hall–Kier alpha value is -1.62. The first-order valence-electron chi connectivity index (χ1n) is 7.69. The van der Waals surface area contributed by atoms with Crippen LogP contribution >= 0.6 is 0 Å². The monoisotopic (exact) mass is 319 g/mol. The average Bonchev–Trinajstić information content (AvgIpc) is 2.74. The van der Waals surface area contributed by atoms with E-state index in [0.29, 0.717) is 12.1 Å². The first-order chi connectivity index (χ1) is 10.3. The van der Waals surface area contributed by atoms with Gasteiger partial charge in [0.1, 0.15) is 0 Å². The van der Waals surface area contributed by atoms with Gasteiger partial charge in [0.25, 0.3) is 10.0 Å². The number of nitrogens with zero attached hydrogens (tertiary/aromatic N) is 1. The van der Waals surface area contributed by atoms with Crippen molar-refractivity contribution >= 4 is 15.8 Å². The number of hydrogen-bond donors (Lipinski definition) is 0. The van der Waals surface area contributed by atoms with Crippen LogP contribution in [0.15, 0.2) is 40.4 Å². The van der Waals surface area contributed by atoms with E-state index in [9.17, 15) is 13.2 Å². The van der Waals surface area contributed by atoms with Gasteiger partial charge in [-0.05, 0) is 50.3 Å². The Labute approximate surface area is 131 Å². The van der Waals surface area contributed by atoms with Gasteiger partial charge in [0, 0.05) is 12.5 Å². The second-order valence-electron chi connectivity index (χ2n) is 6.40. The highest BCUT2D eigenvalue weighted by atomic mass is 32.2. The van der Waals surface area contributed by atoms with Crippen LogP contribution in [0, 0.1) is 12.8 Å². The summed E-state index contributed by atoms with van der Waals surface area (Å²) in [7, 11) is -3.68. The molecule has 3 rings (SSSR count). The molecule has 0 fully saturated rings. The lowest BCUT2D eigenvalue weighted by Crippen LogP contribution is -2.42. The van der Waals surface area contributed by atoms with Crippen LogP contribution in [-0.4, -0.2) is 24.5 Å². The van der Waals surface area contributed by atoms with E-state index in [2.05, 4.69) is 0 Å². The zero-order chi connectivity index (χ0) is 16.1. The molecule has 0 unspecified atom stereocenters. The molecule has 5 heteroatoms. The van der Waals surface area contributed by atoms with Gasteiger partial charge in [-0.25, -0.2) is 8.42 Å². The molecule has 4 nitrogen and oxygen atoms in total. The lowest BCUT2D eigenvalue weighted by atomic mass is 9.95. The number of sulfonamides is 1. The molecule has 118 valence electrons. The summed E-state index contributed by atoms with van der Waals surface area (Å²) in [6.07, 6.45) is 2.02. The highest BCUT2D eigenvalue weighted by Gasteiger charge is 2.43. The maximum atomic E-state index is 13.0. The van der Waals surface area contributed by atoms with Crippen LogP contribution in [0.5, 0.6) is 0 Å². The number of allylic oxidation sites excluding steroid dienone is 2. The van der Waals surface area contributed by atoms with Crippen molar-refractivity contribution < 1.29 is 13.2 Å². The number of carbonyl (C=O) groups is 1. The summed E-state index contributed by atoms with van der Waals surface area (Å²) in [5.41, 5.74) is 2.46. The smallest absolute Gasteiger partial charge is 0.264 e. The molecule has 0 radical (unpaired) electrons. The van der Waals surface area contributed by atoms with Crippen LogP contribution in [0.4, 0.5) is 0 Å². The fraction of sp³-hybridized carbons (Fsp3) is 0.471. The molecule has 0 saturated heterocycles. The van der Waals surface area contributed by atoms with E-state index in [1.807, 2.05) is 20.8 Å². The van der Waals surface area contributed by atoms with Gasteiger partial charge in [-0.3, -0.25) is 9.10 Å². The van der Waals surface area contributed by atoms with Crippen LogP contribution in [-0.2, 0) is 14.8 Å². The number of hydrogen-bond acceptors (Lipinski definition) is 3. The van der Waals surface area contributed by atoms with Crippen molar-refractivity contribution in [3.05, 3.63) is 41.1 Å². The minimum Gasteiger partial charge on any atom is -0.292 e. The second kappa shape index (κ2) is 5.23. The second-order valence-corrected chi connectivity index (χ2v) is 8.22. The molecule has 0 spiro atoms. The van der Waals surface area contributed by atoms with Gasteiger partial charge in [-0.2, -0.15) is 0 Å². The van der Waals surface area contributed by atoms with Crippen molar-refractivity contribution in [3.8, 4) is 0 Å². The molecule has 0 saturated carbocycles. The zero-order valence-corrected chi connectivity index (χ0v) is 14.0. The molecule has 2 atom stereocenters. The quantitative estimate of drug-likeness (QED) is 0.842. The molecule has 22 heavy (non-hydrogen) atoms. The van der Waals surface area contributed by atoms with Crippen LogP contribution < -0.4 is 0 Å². The van der Waals surface area contributed by atoms with E-state index in [0.717, 1.165) is 24.0 Å². The largest absolute Gasteiger partial charge is 0.292 e. The number of ketones is 1. The van der Waals surface area contributed by atoms with Crippen LogP contribution in [0.2, 0.25) is 0 Å². The summed E-state index contributed by atoms with van der Waals surface area (Å²) in [4.78, 5) is 12.6. The van der Waals surface area contributed by atoms with Crippen molar-refractivity contribution in [3.63, 3.8) is 0 Å². The number of Topliss-reactive ketones (excluding diaryl/α,β-unsaturated/α-hetero) is 1. The third-order valence-corrected chi connectivity index (χ3v) is 6.61. The lowest BCUT2D eigenvalue weighted by Gasteiger charge is -2.35. The normalized spacial score (nSPS) is 25.6. The lowest BCUT2D eigenvalue weighted by molar-refractivity contribution is -0.116. The highest BCUT2D eigenvalue weighted by Crippen LogP contribution is 2.42. The first-order valence-corrected chi connectivity index (χ1v) is 9.13. The highest BCUT2D eigenvalue weighted by molar-refractivity contribution is 7.89. The fourth-order valence-corrected chi connectivity index (χ4v) is 5.17.